The van der Waals surface area contributed by atoms with E-state index < -0.39 is 0 Å². The van der Waals surface area contributed by atoms with Gasteiger partial charge >= 0.3 is 6.09 Å². The number of ether oxygens (including phenoxy) is 1. The second-order valence-electron chi connectivity index (χ2n) is 9.09. The van der Waals surface area contributed by atoms with E-state index in [1.165, 1.54) is 5.57 Å². The molecule has 164 valence electrons. The number of carbonyl (C=O) groups is 2. The van der Waals surface area contributed by atoms with Crippen LogP contribution in [-0.4, -0.2) is 73.6 Å². The predicted molar refractivity (Wildman–Crippen MR) is 113 cm³/mol. The summed E-state index contributed by atoms with van der Waals surface area (Å²) in [6, 6.07) is 3.61. The van der Waals surface area contributed by atoms with Crippen molar-refractivity contribution in [1.82, 2.24) is 29.8 Å². The highest BCUT2D eigenvalue weighted by Gasteiger charge is 2.62. The van der Waals surface area contributed by atoms with Crippen LogP contribution >= 0.6 is 0 Å². The minimum Gasteiger partial charge on any atom is -0.442 e. The highest BCUT2D eigenvalue weighted by atomic mass is 16.6. The van der Waals surface area contributed by atoms with Crippen LogP contribution in [0.4, 0.5) is 4.79 Å². The molecule has 2 aliphatic carbocycles. The number of rotatable bonds is 5. The number of amides is 2. The first-order chi connectivity index (χ1) is 15.6. The summed E-state index contributed by atoms with van der Waals surface area (Å²) < 4.78 is 7.21. The molecule has 3 fully saturated rings. The first kappa shape index (κ1) is 19.2. The Morgan fingerprint density at radius 1 is 1.28 bits per heavy atom. The van der Waals surface area contributed by atoms with Crippen molar-refractivity contribution in [2.75, 3.05) is 19.6 Å². The molecule has 0 N–H and O–H groups in total. The predicted octanol–water partition coefficient (Wildman–Crippen LogP) is 1.91. The normalized spacial score (nSPS) is 30.8. The molecule has 2 aromatic heterocycles. The number of nitrogens with zero attached hydrogens (tertiary/aromatic N) is 6. The number of pyridine rings is 1. The average Bonchev–Trinajstić information content (AvgIpc) is 3.20. The lowest BCUT2D eigenvalue weighted by atomic mass is 9.88. The molecule has 9 heteroatoms. The Kier molecular flexibility index (Phi) is 4.38. The Morgan fingerprint density at radius 2 is 2.22 bits per heavy atom. The van der Waals surface area contributed by atoms with E-state index in [1.807, 2.05) is 11.0 Å². The summed E-state index contributed by atoms with van der Waals surface area (Å²) in [4.78, 5) is 33.1. The van der Waals surface area contributed by atoms with Gasteiger partial charge in [0.2, 0.25) is 0 Å². The van der Waals surface area contributed by atoms with Gasteiger partial charge in [-0.15, -0.1) is 5.10 Å². The molecular weight excluding hydrogens is 408 g/mol. The molecule has 0 radical (unpaired) electrons. The maximum atomic E-state index is 12.8. The first-order valence-electron chi connectivity index (χ1n) is 11.0. The standard InChI is InChI=1S/C23H24N6O3/c30-21(16-2-1-7-24-11-16)27-12-18-10-23(18,15-27)17-3-5-19(6-4-17)29-14-20(32-22(29)31)13-28-9-8-25-26-28/h1-5,7-9,11,18-20H,6,10,12-15H2/t18?,19?,20-,23?/m0/s1. The molecule has 2 saturated heterocycles. The van der Waals surface area contributed by atoms with Crippen molar-refractivity contribution in [2.45, 2.75) is 31.5 Å². The van der Waals surface area contributed by atoms with Gasteiger partial charge in [-0.1, -0.05) is 23.4 Å². The lowest BCUT2D eigenvalue weighted by Crippen LogP contribution is -2.36. The molecule has 6 rings (SSSR count). The van der Waals surface area contributed by atoms with Crippen LogP contribution in [-0.2, 0) is 11.3 Å². The summed E-state index contributed by atoms with van der Waals surface area (Å²) in [6.45, 7) is 2.59. The topological polar surface area (TPSA) is 93.5 Å². The zero-order valence-corrected chi connectivity index (χ0v) is 17.6. The van der Waals surface area contributed by atoms with Crippen LogP contribution in [0.3, 0.4) is 0 Å². The van der Waals surface area contributed by atoms with E-state index in [4.69, 9.17) is 4.74 Å². The molecule has 0 bridgehead atoms. The second kappa shape index (κ2) is 7.29. The fraction of sp³-hybridized carbons (Fsp3) is 0.435. The summed E-state index contributed by atoms with van der Waals surface area (Å²) in [5.41, 5.74) is 2.01. The Balaban J connectivity index is 1.09. The maximum Gasteiger partial charge on any atom is 0.410 e. The van der Waals surface area contributed by atoms with Gasteiger partial charge in [0, 0.05) is 37.1 Å². The third-order valence-corrected chi connectivity index (χ3v) is 7.16. The zero-order valence-electron chi connectivity index (χ0n) is 17.6. The summed E-state index contributed by atoms with van der Waals surface area (Å²) in [5, 5.41) is 7.74. The Bertz CT molecular complexity index is 1100. The largest absolute Gasteiger partial charge is 0.442 e. The lowest BCUT2D eigenvalue weighted by molar-refractivity contribution is 0.0768. The van der Waals surface area contributed by atoms with Crippen LogP contribution in [0.1, 0.15) is 23.2 Å². The van der Waals surface area contributed by atoms with Gasteiger partial charge in [-0.25, -0.2) is 9.48 Å². The van der Waals surface area contributed by atoms with Crippen molar-refractivity contribution < 1.29 is 14.3 Å². The second-order valence-corrected chi connectivity index (χ2v) is 9.09. The van der Waals surface area contributed by atoms with E-state index >= 15 is 0 Å². The molecule has 9 nitrogen and oxygen atoms in total. The van der Waals surface area contributed by atoms with Crippen LogP contribution in [0.25, 0.3) is 0 Å². The number of allylic oxidation sites excluding steroid dienone is 1. The van der Waals surface area contributed by atoms with Gasteiger partial charge in [-0.05, 0) is 36.5 Å². The molecule has 2 aromatic rings. The van der Waals surface area contributed by atoms with E-state index in [0.717, 1.165) is 25.9 Å². The van der Waals surface area contributed by atoms with E-state index in [9.17, 15) is 9.59 Å². The fourth-order valence-corrected chi connectivity index (χ4v) is 5.41. The molecule has 3 unspecified atom stereocenters. The molecule has 4 atom stereocenters. The van der Waals surface area contributed by atoms with Crippen LogP contribution in [0.2, 0.25) is 0 Å². The highest BCUT2D eigenvalue weighted by Crippen LogP contribution is 2.63. The van der Waals surface area contributed by atoms with Gasteiger partial charge in [-0.2, -0.15) is 0 Å². The van der Waals surface area contributed by atoms with Crippen molar-refractivity contribution in [2.24, 2.45) is 11.3 Å². The maximum absolute atomic E-state index is 12.8. The first-order valence-corrected chi connectivity index (χ1v) is 11.0. The monoisotopic (exact) mass is 432 g/mol. The number of hydrogen-bond donors (Lipinski definition) is 0. The smallest absolute Gasteiger partial charge is 0.410 e. The molecule has 32 heavy (non-hydrogen) atoms. The van der Waals surface area contributed by atoms with Crippen molar-refractivity contribution in [3.8, 4) is 0 Å². The molecule has 2 aliphatic heterocycles. The SMILES string of the molecule is O=C(c1cccnc1)N1CC2CC2(C2=CCC(N3C[C@H](Cn4ccnn4)OC3=O)C=C2)C1. The van der Waals surface area contributed by atoms with Gasteiger partial charge in [-0.3, -0.25) is 14.7 Å². The minimum absolute atomic E-state index is 0.00451. The van der Waals surface area contributed by atoms with Gasteiger partial charge < -0.3 is 9.64 Å². The number of piperidine rings is 1. The molecule has 1 saturated carbocycles. The third-order valence-electron chi connectivity index (χ3n) is 7.16. The van der Waals surface area contributed by atoms with E-state index in [0.29, 0.717) is 24.6 Å². The number of hydrogen-bond acceptors (Lipinski definition) is 6. The van der Waals surface area contributed by atoms with Crippen LogP contribution in [0.15, 0.2) is 60.7 Å². The van der Waals surface area contributed by atoms with Gasteiger partial charge in [0.1, 0.15) is 6.10 Å². The Morgan fingerprint density at radius 3 is 2.97 bits per heavy atom. The van der Waals surface area contributed by atoms with Gasteiger partial charge in [0.25, 0.3) is 5.91 Å². The minimum atomic E-state index is -0.279. The van der Waals surface area contributed by atoms with Crippen molar-refractivity contribution >= 4 is 12.0 Å². The molecule has 0 aromatic carbocycles. The van der Waals surface area contributed by atoms with Crippen LogP contribution in [0, 0.1) is 11.3 Å². The third kappa shape index (κ3) is 3.19. The molecule has 4 heterocycles. The summed E-state index contributed by atoms with van der Waals surface area (Å²) in [5.74, 6) is 0.570. The molecule has 2 amide bonds. The average molecular weight is 432 g/mol. The van der Waals surface area contributed by atoms with E-state index in [2.05, 4.69) is 33.5 Å². The summed E-state index contributed by atoms with van der Waals surface area (Å²) >= 11 is 0. The van der Waals surface area contributed by atoms with E-state index in [-0.39, 0.29) is 29.6 Å². The van der Waals surface area contributed by atoms with Crippen LogP contribution in [0.5, 0.6) is 0 Å². The van der Waals surface area contributed by atoms with Crippen molar-refractivity contribution in [3.63, 3.8) is 0 Å². The molecule has 0 spiro atoms. The molecule has 4 aliphatic rings. The number of aromatic nitrogens is 4. The van der Waals surface area contributed by atoms with Crippen LogP contribution < -0.4 is 0 Å². The van der Waals surface area contributed by atoms with Crippen molar-refractivity contribution in [3.05, 3.63) is 66.3 Å². The lowest BCUT2D eigenvalue weighted by Gasteiger charge is -2.27. The highest BCUT2D eigenvalue weighted by molar-refractivity contribution is 5.94. The quantitative estimate of drug-likeness (QED) is 0.717. The Labute approximate surface area is 185 Å². The Hall–Kier alpha value is -3.49. The summed E-state index contributed by atoms with van der Waals surface area (Å²) in [7, 11) is 0. The summed E-state index contributed by atoms with van der Waals surface area (Å²) in [6.07, 6.45) is 14.6. The molecular formula is C23H24N6O3. The number of fused-ring (bicyclic) bond motifs is 1. The van der Waals surface area contributed by atoms with Crippen molar-refractivity contribution in [1.29, 1.82) is 0 Å². The number of carbonyl (C=O) groups excluding carboxylic acids is 2. The zero-order chi connectivity index (χ0) is 21.7. The fourth-order valence-electron chi connectivity index (χ4n) is 5.41. The van der Waals surface area contributed by atoms with Gasteiger partial charge in [0.15, 0.2) is 0 Å². The van der Waals surface area contributed by atoms with E-state index in [1.54, 1.807) is 40.4 Å². The number of cyclic esters (lactones) is 1. The van der Waals surface area contributed by atoms with Gasteiger partial charge in [0.05, 0.1) is 30.9 Å². The number of likely N-dealkylation sites (tertiary alicyclic amines) is 1.